The van der Waals surface area contributed by atoms with Gasteiger partial charge < -0.3 is 40.1 Å². The Balaban J connectivity index is 1.06. The molecule has 13 heteroatoms. The number of imidazole rings is 2. The number of allylic oxidation sites excluding steroid dienone is 11. The van der Waals surface area contributed by atoms with Crippen LogP contribution in [0.2, 0.25) is 0 Å². The van der Waals surface area contributed by atoms with Crippen LogP contribution < -0.4 is 11.1 Å². The second-order valence-corrected chi connectivity index (χ2v) is 18.7. The first-order valence-corrected chi connectivity index (χ1v) is 24.3. The van der Waals surface area contributed by atoms with Crippen LogP contribution in [-0.4, -0.2) is 111 Å². The fourth-order valence-corrected chi connectivity index (χ4v) is 10.1. The lowest BCUT2D eigenvalue weighted by Gasteiger charge is -2.39. The van der Waals surface area contributed by atoms with E-state index in [0.29, 0.717) is 57.0 Å². The smallest absolute Gasteiger partial charge is 0.407 e. The number of H-pyrrole nitrogens is 2. The number of ether oxygens (including phenoxy) is 3. The molecule has 66 heavy (non-hydrogen) atoms. The third kappa shape index (κ3) is 13.1. The molecular weight excluding hydrogens is 827 g/mol. The second-order valence-electron chi connectivity index (χ2n) is 18.7. The number of carbonyl (C=O) groups excluding carboxylic acids is 1. The molecule has 2 aromatic heterocycles. The first kappa shape index (κ1) is 50.3. The third-order valence-corrected chi connectivity index (χ3v) is 13.9. The zero-order valence-electron chi connectivity index (χ0n) is 40.7. The van der Waals surface area contributed by atoms with Crippen LogP contribution in [0.3, 0.4) is 0 Å². The zero-order valence-corrected chi connectivity index (χ0v) is 40.7. The summed E-state index contributed by atoms with van der Waals surface area (Å²) in [4.78, 5) is 36.4. The maximum Gasteiger partial charge on any atom is 0.407 e. The van der Waals surface area contributed by atoms with Crippen molar-refractivity contribution in [1.29, 1.82) is 0 Å². The quantitative estimate of drug-likeness (QED) is 0.0459. The molecule has 5 N–H and O–H groups in total. The predicted molar refractivity (Wildman–Crippen MR) is 264 cm³/mol. The highest BCUT2D eigenvalue weighted by Gasteiger charge is 2.38. The number of nitrogens with two attached hydrogens (primary N) is 1. The third-order valence-electron chi connectivity index (χ3n) is 13.9. The minimum Gasteiger partial charge on any atom is -0.453 e. The lowest BCUT2D eigenvalue weighted by Crippen LogP contribution is -2.55. The summed E-state index contributed by atoms with van der Waals surface area (Å²) in [5, 5.41) is 3.05. The van der Waals surface area contributed by atoms with Gasteiger partial charge in [-0.15, -0.1) is 12.3 Å². The summed E-state index contributed by atoms with van der Waals surface area (Å²) in [7, 11) is 1.39. The van der Waals surface area contributed by atoms with Crippen molar-refractivity contribution in [2.75, 3.05) is 46.5 Å². The fourth-order valence-electron chi connectivity index (χ4n) is 10.1. The van der Waals surface area contributed by atoms with Gasteiger partial charge in [-0.25, -0.2) is 14.8 Å². The molecule has 0 saturated carbocycles. The number of carbonyl (C=O) groups is 1. The molecule has 1 saturated heterocycles. The van der Waals surface area contributed by atoms with E-state index in [1.54, 1.807) is 6.20 Å². The lowest BCUT2D eigenvalue weighted by molar-refractivity contribution is -0.162. The maximum absolute atomic E-state index is 12.3. The van der Waals surface area contributed by atoms with Crippen molar-refractivity contribution in [3.8, 4) is 12.3 Å². The van der Waals surface area contributed by atoms with Gasteiger partial charge in [0.2, 0.25) is 0 Å². The largest absolute Gasteiger partial charge is 0.453 e. The second kappa shape index (κ2) is 24.1. The standard InChI is InChI=1S/C53H77N9O4/c1-10-13-27-61(38(6)48(60(11-2)12-3)17-15-14-16-26-54)34-49-56-33-47(58-49)45-25-24-43-30-42(22-23-44(43)31-45)40-18-20-41(21-19-40)46-32-55-50(57-46)35-62(36-53(8)65-28-29-66-53)39(7)51(37(4)5)59-52(63)64-9/h1,16,18,20-26,30,32-33,37,39-40,43-45,48,51H,6,11-15,17,19,27-29,31,34-36,54H2,2-5,7-9H3,(H,55,57)(H,56,58)(H,59,63)/b26-16-/t39?,40?,43?,44?,45?,48-,51+/m1/s1. The van der Waals surface area contributed by atoms with Crippen LogP contribution >= 0.6 is 0 Å². The lowest BCUT2D eigenvalue weighted by atomic mass is 9.73. The van der Waals surface area contributed by atoms with Gasteiger partial charge in [0, 0.05) is 66.4 Å². The maximum atomic E-state index is 12.3. The number of hydrogen-bond donors (Lipinski definition) is 4. The highest BCUT2D eigenvalue weighted by Crippen LogP contribution is 2.41. The first-order valence-electron chi connectivity index (χ1n) is 24.3. The molecule has 7 atom stereocenters. The monoisotopic (exact) mass is 904 g/mol. The number of rotatable bonds is 24. The van der Waals surface area contributed by atoms with Crippen LogP contribution in [0.15, 0.2) is 91.1 Å². The summed E-state index contributed by atoms with van der Waals surface area (Å²) in [6, 6.07) is -0.00471. The van der Waals surface area contributed by atoms with Crippen molar-refractivity contribution >= 4 is 11.7 Å². The predicted octanol–water partition coefficient (Wildman–Crippen LogP) is 8.59. The highest BCUT2D eigenvalue weighted by molar-refractivity contribution is 5.73. The van der Waals surface area contributed by atoms with Gasteiger partial charge in [0.25, 0.3) is 0 Å². The number of nitrogens with one attached hydrogen (secondary N) is 3. The number of alkyl carbamates (subject to hydrolysis) is 1. The molecule has 5 unspecified atom stereocenters. The Morgan fingerprint density at radius 2 is 1.82 bits per heavy atom. The van der Waals surface area contributed by atoms with E-state index >= 15 is 0 Å². The number of methoxy groups -OCH3 is 1. The number of hydrogen-bond acceptors (Lipinski definition) is 10. The Labute approximate surface area is 394 Å². The molecule has 6 rings (SSSR count). The van der Waals surface area contributed by atoms with Crippen LogP contribution in [0.5, 0.6) is 0 Å². The molecule has 1 fully saturated rings. The van der Waals surface area contributed by atoms with Crippen molar-refractivity contribution in [2.24, 2.45) is 29.4 Å². The summed E-state index contributed by atoms with van der Waals surface area (Å²) in [5.74, 6) is 5.40. The molecule has 1 aliphatic heterocycles. The molecule has 1 amide bonds. The van der Waals surface area contributed by atoms with E-state index in [1.807, 2.05) is 25.4 Å². The van der Waals surface area contributed by atoms with Gasteiger partial charge in [0.1, 0.15) is 11.6 Å². The summed E-state index contributed by atoms with van der Waals surface area (Å²) >= 11 is 0. The molecule has 3 heterocycles. The summed E-state index contributed by atoms with van der Waals surface area (Å²) in [6.07, 6.45) is 37.4. The van der Waals surface area contributed by atoms with Crippen molar-refractivity contribution in [3.05, 3.63) is 114 Å². The molecule has 0 aromatic carbocycles. The van der Waals surface area contributed by atoms with Gasteiger partial charge >= 0.3 is 6.09 Å². The van der Waals surface area contributed by atoms with Gasteiger partial charge in [0.05, 0.1) is 51.8 Å². The van der Waals surface area contributed by atoms with E-state index < -0.39 is 11.9 Å². The summed E-state index contributed by atoms with van der Waals surface area (Å²) in [6.45, 7) is 22.8. The molecule has 0 bridgehead atoms. The van der Waals surface area contributed by atoms with Gasteiger partial charge in [-0.1, -0.05) is 89.0 Å². The van der Waals surface area contributed by atoms with Crippen molar-refractivity contribution in [2.45, 2.75) is 123 Å². The average Bonchev–Trinajstić information content (AvgIpc) is 4.11. The number of aromatic nitrogens is 4. The van der Waals surface area contributed by atoms with E-state index in [9.17, 15) is 4.79 Å². The normalized spacial score (nSPS) is 22.6. The average molecular weight is 904 g/mol. The van der Waals surface area contributed by atoms with Crippen molar-refractivity contribution in [3.63, 3.8) is 0 Å². The van der Waals surface area contributed by atoms with E-state index in [2.05, 4.69) is 126 Å². The number of fused-ring (bicyclic) bond motifs is 1. The molecule has 0 radical (unpaired) electrons. The van der Waals surface area contributed by atoms with Crippen LogP contribution in [0, 0.1) is 36.0 Å². The number of amides is 1. The number of terminal acetylenes is 1. The minimum absolute atomic E-state index is 0.0641. The molecular formula is C53H77N9O4. The molecule has 13 nitrogen and oxygen atoms in total. The molecule has 358 valence electrons. The fraction of sp³-hybridized carbons (Fsp3) is 0.566. The molecule has 0 spiro atoms. The van der Waals surface area contributed by atoms with Gasteiger partial charge in [-0.2, -0.15) is 0 Å². The Hall–Kier alpha value is -5.13. The Kier molecular flexibility index (Phi) is 18.3. The molecule has 3 aliphatic carbocycles. The van der Waals surface area contributed by atoms with E-state index in [1.165, 1.54) is 12.7 Å². The van der Waals surface area contributed by atoms with E-state index in [0.717, 1.165) is 86.0 Å². The Bertz CT molecular complexity index is 2130. The van der Waals surface area contributed by atoms with Gasteiger partial charge in [-0.05, 0) is 88.2 Å². The molecule has 2 aromatic rings. The highest BCUT2D eigenvalue weighted by atomic mass is 16.7. The van der Waals surface area contributed by atoms with Crippen LogP contribution in [0.25, 0.3) is 5.57 Å². The van der Waals surface area contributed by atoms with Crippen molar-refractivity contribution < 1.29 is 19.0 Å². The van der Waals surface area contributed by atoms with E-state index in [-0.39, 0.29) is 30.0 Å². The minimum atomic E-state index is -0.747. The van der Waals surface area contributed by atoms with Gasteiger partial charge in [0.15, 0.2) is 5.79 Å². The number of aromatic amines is 2. The Morgan fingerprint density at radius 1 is 1.06 bits per heavy atom. The SMILES string of the molecule is C#CCCN(Cc1ncc(C2C=CC3C=C(C4C=CC(c5cnc(CN(CC6(C)OCCO6)C(C)[C@@H](NC(=O)OC)C(C)C)[nH]5)=CC4)C=CC3C2)[nH]1)C(=C)[C@@H](CCC/C=C\N)N(CC)CC. The number of likely N-dealkylation sites (N-methyl/N-ethyl adjacent to an activating group) is 1. The summed E-state index contributed by atoms with van der Waals surface area (Å²) < 4.78 is 17.0. The van der Waals surface area contributed by atoms with Gasteiger partial charge in [-0.3, -0.25) is 9.80 Å². The van der Waals surface area contributed by atoms with Crippen LogP contribution in [0.4, 0.5) is 4.79 Å². The van der Waals surface area contributed by atoms with Crippen LogP contribution in [-0.2, 0) is 27.3 Å². The van der Waals surface area contributed by atoms with E-state index in [4.69, 9.17) is 36.3 Å². The summed E-state index contributed by atoms with van der Waals surface area (Å²) in [5.41, 5.74) is 11.3. The zero-order chi connectivity index (χ0) is 47.2. The number of unbranched alkanes of at least 4 members (excludes halogenated alkanes) is 1. The first-order chi connectivity index (χ1) is 31.9. The molecule has 4 aliphatic rings. The Morgan fingerprint density at radius 3 is 2.50 bits per heavy atom. The topological polar surface area (TPSA) is 150 Å². The van der Waals surface area contributed by atoms with Crippen molar-refractivity contribution in [1.82, 2.24) is 40.0 Å². The number of nitrogens with zero attached hydrogens (tertiary/aromatic N) is 5. The van der Waals surface area contributed by atoms with Crippen LogP contribution in [0.1, 0.15) is 109 Å².